The van der Waals surface area contributed by atoms with Crippen LogP contribution >= 0.6 is 11.6 Å². The quantitative estimate of drug-likeness (QED) is 0.188. The first-order valence-electron chi connectivity index (χ1n) is 13.9. The summed E-state index contributed by atoms with van der Waals surface area (Å²) in [6, 6.07) is 13.1. The zero-order valence-electron chi connectivity index (χ0n) is 24.7. The molecular weight excluding hydrogens is 608 g/mol. The van der Waals surface area contributed by atoms with E-state index >= 15 is 0 Å². The SMILES string of the molecule is CCOC(=O)C1=C(COCC(=O)NNC(=O)CCN2C(=O)c3ccccc3C2=O)NC(C)=C(C(=O)OC)C1c1ccccc1Cl. The summed E-state index contributed by atoms with van der Waals surface area (Å²) in [7, 11) is 1.22. The van der Waals surface area contributed by atoms with E-state index in [0.717, 1.165) is 4.90 Å². The molecule has 14 heteroatoms. The Balaban J connectivity index is 1.39. The maximum atomic E-state index is 13.2. The van der Waals surface area contributed by atoms with E-state index < -0.39 is 48.1 Å². The van der Waals surface area contributed by atoms with Crippen molar-refractivity contribution in [1.82, 2.24) is 21.1 Å². The van der Waals surface area contributed by atoms with Crippen molar-refractivity contribution < 1.29 is 43.0 Å². The Morgan fingerprint density at radius 3 is 2.16 bits per heavy atom. The largest absolute Gasteiger partial charge is 0.466 e. The van der Waals surface area contributed by atoms with Gasteiger partial charge < -0.3 is 19.5 Å². The molecule has 236 valence electrons. The van der Waals surface area contributed by atoms with Crippen LogP contribution < -0.4 is 16.2 Å². The molecule has 2 aromatic carbocycles. The second kappa shape index (κ2) is 14.6. The number of imide groups is 1. The molecule has 2 heterocycles. The number of benzene rings is 2. The van der Waals surface area contributed by atoms with Gasteiger partial charge in [-0.2, -0.15) is 0 Å². The Kier molecular flexibility index (Phi) is 10.7. The highest BCUT2D eigenvalue weighted by Gasteiger charge is 2.40. The summed E-state index contributed by atoms with van der Waals surface area (Å²) in [5, 5.41) is 3.30. The molecule has 0 spiro atoms. The number of carbonyl (C=O) groups excluding carboxylic acids is 6. The molecule has 3 N–H and O–H groups in total. The van der Waals surface area contributed by atoms with E-state index in [0.29, 0.717) is 16.3 Å². The van der Waals surface area contributed by atoms with Gasteiger partial charge in [-0.15, -0.1) is 0 Å². The van der Waals surface area contributed by atoms with Crippen molar-refractivity contribution in [3.05, 3.63) is 92.8 Å². The lowest BCUT2D eigenvalue weighted by Crippen LogP contribution is -2.45. The van der Waals surface area contributed by atoms with Crippen molar-refractivity contribution in [2.24, 2.45) is 0 Å². The van der Waals surface area contributed by atoms with Crippen LogP contribution in [0, 0.1) is 0 Å². The van der Waals surface area contributed by atoms with Crippen LogP contribution in [0.2, 0.25) is 5.02 Å². The number of esters is 2. The van der Waals surface area contributed by atoms with Crippen LogP contribution in [0.4, 0.5) is 0 Å². The van der Waals surface area contributed by atoms with Gasteiger partial charge in [-0.05, 0) is 37.6 Å². The van der Waals surface area contributed by atoms with E-state index in [-0.39, 0.29) is 54.1 Å². The lowest BCUT2D eigenvalue weighted by atomic mass is 9.80. The highest BCUT2D eigenvalue weighted by molar-refractivity contribution is 6.31. The maximum absolute atomic E-state index is 13.2. The molecule has 0 aliphatic carbocycles. The van der Waals surface area contributed by atoms with E-state index in [4.69, 9.17) is 25.8 Å². The number of halogens is 1. The van der Waals surface area contributed by atoms with Gasteiger partial charge in [0, 0.05) is 23.7 Å². The van der Waals surface area contributed by atoms with Crippen LogP contribution in [0.1, 0.15) is 52.5 Å². The van der Waals surface area contributed by atoms with Gasteiger partial charge >= 0.3 is 11.9 Å². The van der Waals surface area contributed by atoms with E-state index in [1.807, 2.05) is 0 Å². The molecule has 4 amide bonds. The smallest absolute Gasteiger partial charge is 0.336 e. The van der Waals surface area contributed by atoms with Crippen molar-refractivity contribution in [3.8, 4) is 0 Å². The molecule has 13 nitrogen and oxygen atoms in total. The van der Waals surface area contributed by atoms with Crippen LogP contribution in [-0.4, -0.2) is 73.9 Å². The highest BCUT2D eigenvalue weighted by atomic mass is 35.5. The van der Waals surface area contributed by atoms with Gasteiger partial charge in [-0.25, -0.2) is 9.59 Å². The monoisotopic (exact) mass is 638 g/mol. The molecule has 0 saturated heterocycles. The van der Waals surface area contributed by atoms with Gasteiger partial charge in [0.1, 0.15) is 6.61 Å². The summed E-state index contributed by atoms with van der Waals surface area (Å²) in [4.78, 5) is 76.7. The zero-order chi connectivity index (χ0) is 32.7. The fourth-order valence-corrected chi connectivity index (χ4v) is 5.25. The van der Waals surface area contributed by atoms with Crippen LogP contribution in [0.25, 0.3) is 0 Å². The van der Waals surface area contributed by atoms with E-state index in [2.05, 4.69) is 16.2 Å². The molecule has 45 heavy (non-hydrogen) atoms. The number of allylic oxidation sites excluding steroid dienone is 1. The first-order chi connectivity index (χ1) is 21.6. The molecule has 0 aromatic heterocycles. The molecule has 0 saturated carbocycles. The number of methoxy groups -OCH3 is 1. The Hall–Kier alpha value is -5.01. The van der Waals surface area contributed by atoms with Gasteiger partial charge in [0.2, 0.25) is 5.91 Å². The predicted molar refractivity (Wildman–Crippen MR) is 159 cm³/mol. The van der Waals surface area contributed by atoms with Crippen LogP contribution in [0.5, 0.6) is 0 Å². The number of hydrazine groups is 1. The first-order valence-corrected chi connectivity index (χ1v) is 14.3. The summed E-state index contributed by atoms with van der Waals surface area (Å²) < 4.78 is 15.9. The lowest BCUT2D eigenvalue weighted by molar-refractivity contribution is -0.139. The van der Waals surface area contributed by atoms with Gasteiger partial charge in [0.25, 0.3) is 17.7 Å². The molecule has 2 aromatic rings. The van der Waals surface area contributed by atoms with E-state index in [1.54, 1.807) is 50.2 Å². The molecule has 1 unspecified atom stereocenters. The summed E-state index contributed by atoms with van der Waals surface area (Å²) in [5.41, 5.74) is 6.24. The number of nitrogens with zero attached hydrogens (tertiary/aromatic N) is 1. The summed E-state index contributed by atoms with van der Waals surface area (Å²) in [5.74, 6) is -4.70. The second-order valence-electron chi connectivity index (χ2n) is 9.87. The van der Waals surface area contributed by atoms with Gasteiger partial charge in [0.15, 0.2) is 0 Å². The Bertz CT molecular complexity index is 1580. The van der Waals surface area contributed by atoms with Crippen molar-refractivity contribution in [3.63, 3.8) is 0 Å². The lowest BCUT2D eigenvalue weighted by Gasteiger charge is -2.31. The Morgan fingerprint density at radius 1 is 0.911 bits per heavy atom. The average Bonchev–Trinajstić information content (AvgIpc) is 3.27. The number of rotatable bonds is 11. The number of hydrogen-bond acceptors (Lipinski definition) is 10. The minimum Gasteiger partial charge on any atom is -0.466 e. The number of dihydropyridines is 1. The van der Waals surface area contributed by atoms with Crippen molar-refractivity contribution in [2.75, 3.05) is 33.5 Å². The third-order valence-electron chi connectivity index (χ3n) is 7.02. The third-order valence-corrected chi connectivity index (χ3v) is 7.37. The van der Waals surface area contributed by atoms with E-state index in [1.165, 1.54) is 19.2 Å². The summed E-state index contributed by atoms with van der Waals surface area (Å²) in [6.45, 7) is 2.34. The highest BCUT2D eigenvalue weighted by Crippen LogP contribution is 2.41. The molecule has 1 atom stereocenters. The summed E-state index contributed by atoms with van der Waals surface area (Å²) >= 11 is 6.49. The van der Waals surface area contributed by atoms with Gasteiger partial charge in [0.05, 0.1) is 54.2 Å². The fraction of sp³-hybridized carbons (Fsp3) is 0.290. The fourth-order valence-electron chi connectivity index (χ4n) is 5.00. The molecule has 2 aliphatic heterocycles. The predicted octanol–water partition coefficient (Wildman–Crippen LogP) is 2.14. The van der Waals surface area contributed by atoms with Crippen LogP contribution in [0.15, 0.2) is 71.1 Å². The van der Waals surface area contributed by atoms with Crippen molar-refractivity contribution in [1.29, 1.82) is 0 Å². The molecule has 0 fully saturated rings. The number of ether oxygens (including phenoxy) is 3. The second-order valence-corrected chi connectivity index (χ2v) is 10.3. The van der Waals surface area contributed by atoms with Crippen molar-refractivity contribution >= 4 is 47.2 Å². The average molecular weight is 639 g/mol. The maximum Gasteiger partial charge on any atom is 0.336 e. The molecule has 2 aliphatic rings. The van der Waals surface area contributed by atoms with E-state index in [9.17, 15) is 28.8 Å². The molecule has 0 bridgehead atoms. The number of fused-ring (bicyclic) bond motifs is 1. The number of nitrogens with one attached hydrogen (secondary N) is 3. The number of amides is 4. The zero-order valence-corrected chi connectivity index (χ0v) is 25.5. The topological polar surface area (TPSA) is 169 Å². The minimum atomic E-state index is -0.958. The Morgan fingerprint density at radius 2 is 1.53 bits per heavy atom. The summed E-state index contributed by atoms with van der Waals surface area (Å²) in [6.07, 6.45) is -0.246. The van der Waals surface area contributed by atoms with Crippen molar-refractivity contribution in [2.45, 2.75) is 26.2 Å². The van der Waals surface area contributed by atoms with Gasteiger partial charge in [-0.1, -0.05) is 41.9 Å². The minimum absolute atomic E-state index is 0.0527. The van der Waals surface area contributed by atoms with Crippen LogP contribution in [0.3, 0.4) is 0 Å². The molecule has 0 radical (unpaired) electrons. The van der Waals surface area contributed by atoms with Gasteiger partial charge in [-0.3, -0.25) is 34.9 Å². The standard InChI is InChI=1S/C31H31ClN4O9/c1-4-45-31(42)27-22(33-17(2)25(30(41)43-3)26(27)20-11-7-8-12-21(20)32)15-44-16-24(38)35-34-23(37)13-14-36-28(39)18-9-5-6-10-19(18)29(36)40/h5-12,26,33H,4,13-16H2,1-3H3,(H,34,37)(H,35,38). The Labute approximate surface area is 263 Å². The number of carbonyl (C=O) groups is 6. The first kappa shape index (κ1) is 32.9. The third kappa shape index (κ3) is 7.21. The number of hydrogen-bond donors (Lipinski definition) is 3. The normalized spacial score (nSPS) is 15.8. The van der Waals surface area contributed by atoms with Crippen LogP contribution in [-0.2, 0) is 33.4 Å². The molecular formula is C31H31ClN4O9. The molecule has 4 rings (SSSR count).